The first-order valence-corrected chi connectivity index (χ1v) is 22.0. The van der Waals surface area contributed by atoms with Gasteiger partial charge in [0.15, 0.2) is 0 Å². The molecule has 1 aliphatic heterocycles. The van der Waals surface area contributed by atoms with Crippen molar-refractivity contribution in [3.63, 3.8) is 0 Å². The predicted molar refractivity (Wildman–Crippen MR) is 223 cm³/mol. The van der Waals surface area contributed by atoms with Crippen molar-refractivity contribution in [3.8, 4) is 16.9 Å². The highest BCUT2D eigenvalue weighted by Crippen LogP contribution is 2.49. The molecule has 1 heterocycles. The van der Waals surface area contributed by atoms with Crippen LogP contribution >= 0.6 is 7.60 Å². The van der Waals surface area contributed by atoms with E-state index in [1.165, 1.54) is 17.8 Å². The number of carbonyl (C=O) groups excluding carboxylic acids is 3. The maximum Gasteiger partial charge on any atom is 0.407 e. The van der Waals surface area contributed by atoms with Crippen LogP contribution in [0.2, 0.25) is 0 Å². The van der Waals surface area contributed by atoms with Crippen molar-refractivity contribution in [1.29, 1.82) is 0 Å². The third kappa shape index (κ3) is 11.0. The summed E-state index contributed by atoms with van der Waals surface area (Å²) in [4.78, 5) is 38.2. The van der Waals surface area contributed by atoms with Gasteiger partial charge in [-0.15, -0.1) is 0 Å². The van der Waals surface area contributed by atoms with Crippen LogP contribution in [0.5, 0.6) is 5.75 Å². The van der Waals surface area contributed by atoms with Crippen LogP contribution < -0.4 is 15.2 Å². The zero-order chi connectivity index (χ0) is 42.8. The van der Waals surface area contributed by atoms with Crippen molar-refractivity contribution in [3.05, 3.63) is 88.5 Å². The first-order chi connectivity index (χ1) is 27.0. The SMILES string of the molecule is CCNC(=O)OCc1ccc(OP(C)(=O)OC2C(NC(=O)OCC3c4cc(C(C)(C)C)ccc4-c4ccc(C(C)(C)C)cc43)[C@H](C)O[C@@H]2COC(=O)C(C)(C)C)cc1. The van der Waals surface area contributed by atoms with E-state index in [4.69, 9.17) is 28.0 Å². The smallest absolute Gasteiger partial charge is 0.407 e. The Morgan fingerprint density at radius 1 is 0.759 bits per heavy atom. The maximum absolute atomic E-state index is 14.0. The summed E-state index contributed by atoms with van der Waals surface area (Å²) in [7, 11) is -3.89. The topological polar surface area (TPSA) is 148 Å². The highest BCUT2D eigenvalue weighted by Gasteiger charge is 2.48. The van der Waals surface area contributed by atoms with Crippen molar-refractivity contribution in [2.24, 2.45) is 5.41 Å². The van der Waals surface area contributed by atoms with Gasteiger partial charge in [0.05, 0.1) is 17.6 Å². The van der Waals surface area contributed by atoms with Gasteiger partial charge in [0.1, 0.15) is 37.8 Å². The number of ether oxygens (including phenoxy) is 4. The van der Waals surface area contributed by atoms with Crippen LogP contribution in [0.1, 0.15) is 110 Å². The lowest BCUT2D eigenvalue weighted by Crippen LogP contribution is -2.49. The second kappa shape index (κ2) is 17.5. The summed E-state index contributed by atoms with van der Waals surface area (Å²) in [5.41, 5.74) is 6.59. The third-order valence-electron chi connectivity index (χ3n) is 10.3. The largest absolute Gasteiger partial charge is 0.462 e. The molecule has 1 fully saturated rings. The molecular weight excluding hydrogens is 759 g/mol. The summed E-state index contributed by atoms with van der Waals surface area (Å²) >= 11 is 0. The number of hydrogen-bond donors (Lipinski definition) is 2. The molecule has 3 aromatic carbocycles. The predicted octanol–water partition coefficient (Wildman–Crippen LogP) is 9.40. The first kappa shape index (κ1) is 44.7. The van der Waals surface area contributed by atoms with E-state index < -0.39 is 55.5 Å². The molecule has 5 atom stereocenters. The summed E-state index contributed by atoms with van der Waals surface area (Å²) in [6.07, 6.45) is -3.81. The summed E-state index contributed by atoms with van der Waals surface area (Å²) in [5.74, 6) is -0.405. The minimum atomic E-state index is -3.89. The van der Waals surface area contributed by atoms with Crippen LogP contribution in [0.3, 0.4) is 0 Å². The Kier molecular flexibility index (Phi) is 13.5. The van der Waals surface area contributed by atoms with Crippen LogP contribution in [-0.4, -0.2) is 68.9 Å². The Morgan fingerprint density at radius 2 is 1.33 bits per heavy atom. The number of carbonyl (C=O) groups is 3. The van der Waals surface area contributed by atoms with Crippen molar-refractivity contribution in [1.82, 2.24) is 10.6 Å². The van der Waals surface area contributed by atoms with Gasteiger partial charge in [-0.05, 0) is 96.5 Å². The zero-order valence-electron chi connectivity index (χ0n) is 36.0. The number of amides is 2. The molecule has 3 unspecified atom stereocenters. The van der Waals surface area contributed by atoms with Crippen molar-refractivity contribution in [2.45, 2.75) is 124 Å². The fraction of sp³-hybridized carbons (Fsp3) is 0.533. The fourth-order valence-corrected chi connectivity index (χ4v) is 8.27. The summed E-state index contributed by atoms with van der Waals surface area (Å²) in [5, 5.41) is 5.49. The summed E-state index contributed by atoms with van der Waals surface area (Å²) in [6.45, 7) is 23.5. The van der Waals surface area contributed by atoms with Crippen LogP contribution in [-0.2, 0) is 50.3 Å². The number of hydrogen-bond acceptors (Lipinski definition) is 10. The number of esters is 1. The van der Waals surface area contributed by atoms with Crippen LogP contribution in [0, 0.1) is 5.41 Å². The molecule has 1 saturated heterocycles. The van der Waals surface area contributed by atoms with Gasteiger partial charge in [0.25, 0.3) is 0 Å². The van der Waals surface area contributed by atoms with Crippen molar-refractivity contribution in [2.75, 3.05) is 26.4 Å². The number of rotatable bonds is 12. The molecule has 0 aromatic heterocycles. The molecule has 0 bridgehead atoms. The van der Waals surface area contributed by atoms with Crippen LogP contribution in [0.15, 0.2) is 60.7 Å². The van der Waals surface area contributed by atoms with Gasteiger partial charge in [0.2, 0.25) is 0 Å². The number of benzene rings is 3. The van der Waals surface area contributed by atoms with Gasteiger partial charge in [-0.3, -0.25) is 9.32 Å². The lowest BCUT2D eigenvalue weighted by atomic mass is 9.83. The molecular formula is C45H61N2O10P. The Hall–Kier alpha value is -4.38. The van der Waals surface area contributed by atoms with E-state index in [2.05, 4.69) is 88.6 Å². The van der Waals surface area contributed by atoms with Crippen LogP contribution in [0.25, 0.3) is 11.1 Å². The Balaban J connectivity index is 1.34. The highest BCUT2D eigenvalue weighted by atomic mass is 31.2. The normalized spacial score (nSPS) is 20.3. The van der Waals surface area contributed by atoms with E-state index in [0.29, 0.717) is 12.1 Å². The van der Waals surface area contributed by atoms with Gasteiger partial charge in [0, 0.05) is 19.1 Å². The number of nitrogens with one attached hydrogen (secondary N) is 2. The lowest BCUT2D eigenvalue weighted by molar-refractivity contribution is -0.158. The minimum absolute atomic E-state index is 0.0395. The standard InChI is InChI=1S/C45H61N2O10P/c1-13-46-41(49)53-24-28-14-18-31(19-15-28)56-58(12,51)57-39-37(26-52-40(48)45(9,10)11)55-27(2)38(39)47-42(50)54-25-36-34-22-29(43(3,4)5)16-20-32(34)33-21-17-30(23-35(33)36)44(6,7)8/h14-23,27,36-39H,13,24-26H2,1-12H3,(H,46,49)(H,47,50)/t27-,37+,38?,39?,58?/m0/s1. The van der Waals surface area contributed by atoms with E-state index in [9.17, 15) is 18.9 Å². The number of alkyl carbamates (subject to hydrolysis) is 2. The zero-order valence-corrected chi connectivity index (χ0v) is 36.9. The molecule has 0 spiro atoms. The van der Waals surface area contributed by atoms with Gasteiger partial charge < -0.3 is 34.1 Å². The summed E-state index contributed by atoms with van der Waals surface area (Å²) < 4.78 is 49.0. The Labute approximate surface area is 343 Å². The molecule has 2 amide bonds. The maximum atomic E-state index is 14.0. The molecule has 0 saturated carbocycles. The molecule has 2 aliphatic rings. The third-order valence-corrected chi connectivity index (χ3v) is 11.5. The average molecular weight is 821 g/mol. The second-order valence-corrected chi connectivity index (χ2v) is 20.3. The van der Waals surface area contributed by atoms with E-state index in [1.54, 1.807) is 58.9 Å². The molecule has 316 valence electrons. The summed E-state index contributed by atoms with van der Waals surface area (Å²) in [6, 6.07) is 18.8. The molecule has 2 N–H and O–H groups in total. The fourth-order valence-electron chi connectivity index (χ4n) is 7.01. The molecule has 1 aliphatic carbocycles. The first-order valence-electron chi connectivity index (χ1n) is 20.0. The second-order valence-electron chi connectivity index (χ2n) is 18.3. The monoisotopic (exact) mass is 820 g/mol. The van der Waals surface area contributed by atoms with Gasteiger partial charge in [-0.25, -0.2) is 14.2 Å². The molecule has 13 heteroatoms. The number of fused-ring (bicyclic) bond motifs is 3. The minimum Gasteiger partial charge on any atom is -0.462 e. The van der Waals surface area contributed by atoms with Gasteiger partial charge >= 0.3 is 25.8 Å². The van der Waals surface area contributed by atoms with E-state index in [0.717, 1.165) is 22.3 Å². The average Bonchev–Trinajstić information content (AvgIpc) is 3.59. The van der Waals surface area contributed by atoms with E-state index in [1.807, 2.05) is 0 Å². The van der Waals surface area contributed by atoms with Crippen LogP contribution in [0.4, 0.5) is 9.59 Å². The van der Waals surface area contributed by atoms with Gasteiger partial charge in [-0.1, -0.05) is 90.1 Å². The van der Waals surface area contributed by atoms with E-state index >= 15 is 0 Å². The molecule has 5 rings (SSSR count). The molecule has 0 radical (unpaired) electrons. The van der Waals surface area contributed by atoms with Gasteiger partial charge in [-0.2, -0.15) is 0 Å². The lowest BCUT2D eigenvalue weighted by Gasteiger charge is -2.28. The quantitative estimate of drug-likeness (QED) is 0.103. The highest BCUT2D eigenvalue weighted by molar-refractivity contribution is 7.53. The Bertz CT molecular complexity index is 1950. The van der Waals surface area contributed by atoms with Crippen molar-refractivity contribution < 1.29 is 46.9 Å². The Morgan fingerprint density at radius 3 is 1.84 bits per heavy atom. The van der Waals surface area contributed by atoms with Crippen molar-refractivity contribution >= 4 is 25.8 Å². The molecule has 12 nitrogen and oxygen atoms in total. The molecule has 3 aromatic rings. The molecule has 58 heavy (non-hydrogen) atoms. The van der Waals surface area contributed by atoms with E-state index in [-0.39, 0.29) is 42.3 Å².